The summed E-state index contributed by atoms with van der Waals surface area (Å²) < 4.78 is 0. The summed E-state index contributed by atoms with van der Waals surface area (Å²) in [5.74, 6) is 0.134. The highest BCUT2D eigenvalue weighted by molar-refractivity contribution is 5.94. The van der Waals surface area contributed by atoms with Gasteiger partial charge in [-0.25, -0.2) is 0 Å². The number of piperazine rings is 1. The summed E-state index contributed by atoms with van der Waals surface area (Å²) in [6.45, 7) is 5.93. The minimum atomic E-state index is 0.134. The summed E-state index contributed by atoms with van der Waals surface area (Å²) in [4.78, 5) is 16.8. The molecule has 0 aliphatic carbocycles. The molecular weight excluding hydrogens is 238 g/mol. The molecule has 0 saturated carbocycles. The second kappa shape index (κ2) is 5.61. The smallest absolute Gasteiger partial charge is 0.253 e. The summed E-state index contributed by atoms with van der Waals surface area (Å²) in [5.41, 5.74) is 1.79. The van der Waals surface area contributed by atoms with Gasteiger partial charge in [-0.05, 0) is 45.2 Å². The molecule has 1 aromatic carbocycles. The quantitative estimate of drug-likeness (QED) is 0.883. The van der Waals surface area contributed by atoms with Gasteiger partial charge in [-0.2, -0.15) is 0 Å². The van der Waals surface area contributed by atoms with Crippen molar-refractivity contribution in [2.75, 3.05) is 32.5 Å². The molecule has 1 aromatic rings. The van der Waals surface area contributed by atoms with Crippen LogP contribution in [0.25, 0.3) is 0 Å². The molecule has 104 valence electrons. The van der Waals surface area contributed by atoms with E-state index in [-0.39, 0.29) is 5.91 Å². The highest BCUT2D eigenvalue weighted by Gasteiger charge is 2.29. The minimum Gasteiger partial charge on any atom is -0.388 e. The van der Waals surface area contributed by atoms with Gasteiger partial charge in [0, 0.05) is 43.5 Å². The van der Waals surface area contributed by atoms with Crippen molar-refractivity contribution in [1.29, 1.82) is 0 Å². The first-order valence-corrected chi connectivity index (χ1v) is 6.82. The van der Waals surface area contributed by atoms with Crippen LogP contribution in [0.4, 0.5) is 5.69 Å². The Morgan fingerprint density at radius 3 is 2.16 bits per heavy atom. The summed E-state index contributed by atoms with van der Waals surface area (Å²) in [5, 5.41) is 3.06. The zero-order valence-electron chi connectivity index (χ0n) is 12.2. The number of anilines is 1. The molecule has 1 fully saturated rings. The van der Waals surface area contributed by atoms with E-state index < -0.39 is 0 Å². The van der Waals surface area contributed by atoms with Crippen LogP contribution in [-0.2, 0) is 0 Å². The second-order valence-corrected chi connectivity index (χ2v) is 5.40. The Labute approximate surface area is 115 Å². The van der Waals surface area contributed by atoms with Crippen LogP contribution >= 0.6 is 0 Å². The van der Waals surface area contributed by atoms with Crippen molar-refractivity contribution < 1.29 is 4.79 Å². The first-order valence-electron chi connectivity index (χ1n) is 6.82. The first kappa shape index (κ1) is 13.9. The van der Waals surface area contributed by atoms with E-state index in [9.17, 15) is 4.79 Å². The lowest BCUT2D eigenvalue weighted by molar-refractivity contribution is 0.0414. The minimum absolute atomic E-state index is 0.134. The fourth-order valence-corrected chi connectivity index (χ4v) is 2.53. The Bertz CT molecular complexity index is 431. The van der Waals surface area contributed by atoms with Gasteiger partial charge >= 0.3 is 0 Å². The van der Waals surface area contributed by atoms with E-state index in [1.165, 1.54) is 0 Å². The van der Waals surface area contributed by atoms with Gasteiger partial charge in [0.1, 0.15) is 0 Å². The van der Waals surface area contributed by atoms with Crippen molar-refractivity contribution in [3.63, 3.8) is 0 Å². The van der Waals surface area contributed by atoms with E-state index in [2.05, 4.69) is 31.1 Å². The topological polar surface area (TPSA) is 35.6 Å². The van der Waals surface area contributed by atoms with Gasteiger partial charge in [-0.1, -0.05) is 0 Å². The lowest BCUT2D eigenvalue weighted by Gasteiger charge is -2.42. The maximum absolute atomic E-state index is 12.5. The number of carbonyl (C=O) groups excluding carboxylic acids is 1. The van der Waals surface area contributed by atoms with Gasteiger partial charge in [-0.3, -0.25) is 9.69 Å². The summed E-state index contributed by atoms with van der Waals surface area (Å²) in [6, 6.07) is 8.48. The van der Waals surface area contributed by atoms with Crippen molar-refractivity contribution in [2.24, 2.45) is 0 Å². The largest absolute Gasteiger partial charge is 0.388 e. The number of carbonyl (C=O) groups is 1. The Morgan fingerprint density at radius 2 is 1.68 bits per heavy atom. The van der Waals surface area contributed by atoms with Crippen LogP contribution < -0.4 is 5.32 Å². The van der Waals surface area contributed by atoms with E-state index in [1.54, 1.807) is 0 Å². The molecule has 0 aromatic heterocycles. The van der Waals surface area contributed by atoms with Crippen LogP contribution in [0.5, 0.6) is 0 Å². The molecule has 1 saturated heterocycles. The highest BCUT2D eigenvalue weighted by Crippen LogP contribution is 2.17. The molecule has 2 atom stereocenters. The number of nitrogens with one attached hydrogen (secondary N) is 1. The average Bonchev–Trinajstić information content (AvgIpc) is 2.43. The SMILES string of the molecule is CNc1ccc(C(=O)N2CC(C)N(C)C(C)C2)cc1. The van der Waals surface area contributed by atoms with Crippen LogP contribution in [-0.4, -0.2) is 55.0 Å². The Morgan fingerprint density at radius 1 is 1.16 bits per heavy atom. The Hall–Kier alpha value is -1.55. The second-order valence-electron chi connectivity index (χ2n) is 5.40. The van der Waals surface area contributed by atoms with Gasteiger partial charge in [0.25, 0.3) is 5.91 Å². The third-order valence-corrected chi connectivity index (χ3v) is 4.07. The molecular formula is C15H23N3O. The molecule has 0 spiro atoms. The number of amides is 1. The van der Waals surface area contributed by atoms with Crippen molar-refractivity contribution in [2.45, 2.75) is 25.9 Å². The summed E-state index contributed by atoms with van der Waals surface area (Å²) in [7, 11) is 4.00. The Kier molecular flexibility index (Phi) is 4.10. The number of hydrogen-bond acceptors (Lipinski definition) is 3. The lowest BCUT2D eigenvalue weighted by Crippen LogP contribution is -2.56. The third-order valence-electron chi connectivity index (χ3n) is 4.07. The van der Waals surface area contributed by atoms with Gasteiger partial charge in [0.05, 0.1) is 0 Å². The van der Waals surface area contributed by atoms with E-state index in [1.807, 2.05) is 36.2 Å². The molecule has 4 heteroatoms. The molecule has 0 bridgehead atoms. The number of rotatable bonds is 2. The van der Waals surface area contributed by atoms with Gasteiger partial charge in [0.15, 0.2) is 0 Å². The molecule has 2 rings (SSSR count). The number of nitrogens with zero attached hydrogens (tertiary/aromatic N) is 2. The van der Waals surface area contributed by atoms with Crippen LogP contribution in [0.2, 0.25) is 0 Å². The standard InChI is InChI=1S/C15H23N3O/c1-11-9-18(10-12(2)17(11)4)15(19)13-5-7-14(16-3)8-6-13/h5-8,11-12,16H,9-10H2,1-4H3. The first-order chi connectivity index (χ1) is 9.02. The van der Waals surface area contributed by atoms with Crippen molar-refractivity contribution >= 4 is 11.6 Å². The lowest BCUT2D eigenvalue weighted by atomic mass is 10.1. The van der Waals surface area contributed by atoms with Crippen molar-refractivity contribution in [3.05, 3.63) is 29.8 Å². The number of likely N-dealkylation sites (N-methyl/N-ethyl adjacent to an activating group) is 1. The fraction of sp³-hybridized carbons (Fsp3) is 0.533. The molecule has 4 nitrogen and oxygen atoms in total. The van der Waals surface area contributed by atoms with Crippen molar-refractivity contribution in [3.8, 4) is 0 Å². The normalized spacial score (nSPS) is 24.3. The Balaban J connectivity index is 2.10. The summed E-state index contributed by atoms with van der Waals surface area (Å²) in [6.07, 6.45) is 0. The maximum Gasteiger partial charge on any atom is 0.253 e. The maximum atomic E-state index is 12.5. The molecule has 0 radical (unpaired) electrons. The van der Waals surface area contributed by atoms with Crippen LogP contribution in [0, 0.1) is 0 Å². The van der Waals surface area contributed by atoms with Gasteiger partial charge < -0.3 is 10.2 Å². The zero-order chi connectivity index (χ0) is 14.0. The predicted molar refractivity (Wildman–Crippen MR) is 78.6 cm³/mol. The van der Waals surface area contributed by atoms with Crippen LogP contribution in [0.1, 0.15) is 24.2 Å². The van der Waals surface area contributed by atoms with Gasteiger partial charge in [-0.15, -0.1) is 0 Å². The summed E-state index contributed by atoms with van der Waals surface area (Å²) >= 11 is 0. The fourth-order valence-electron chi connectivity index (χ4n) is 2.53. The van der Waals surface area contributed by atoms with E-state index in [0.717, 1.165) is 24.3 Å². The molecule has 1 aliphatic heterocycles. The zero-order valence-corrected chi connectivity index (χ0v) is 12.2. The van der Waals surface area contributed by atoms with Crippen LogP contribution in [0.3, 0.4) is 0 Å². The van der Waals surface area contributed by atoms with E-state index >= 15 is 0 Å². The van der Waals surface area contributed by atoms with E-state index in [0.29, 0.717) is 12.1 Å². The highest BCUT2D eigenvalue weighted by atomic mass is 16.2. The average molecular weight is 261 g/mol. The number of benzene rings is 1. The predicted octanol–water partition coefficient (Wildman–Crippen LogP) is 1.89. The third kappa shape index (κ3) is 2.89. The molecule has 1 N–H and O–H groups in total. The van der Waals surface area contributed by atoms with Gasteiger partial charge in [0.2, 0.25) is 0 Å². The molecule has 1 amide bonds. The molecule has 1 aliphatic rings. The number of hydrogen-bond donors (Lipinski definition) is 1. The molecule has 2 unspecified atom stereocenters. The molecule has 19 heavy (non-hydrogen) atoms. The van der Waals surface area contributed by atoms with E-state index in [4.69, 9.17) is 0 Å². The van der Waals surface area contributed by atoms with Crippen molar-refractivity contribution in [1.82, 2.24) is 9.80 Å². The molecule has 1 heterocycles. The monoisotopic (exact) mass is 261 g/mol. The van der Waals surface area contributed by atoms with Crippen LogP contribution in [0.15, 0.2) is 24.3 Å².